The Morgan fingerprint density at radius 1 is 1.41 bits per heavy atom. The van der Waals surface area contributed by atoms with Gasteiger partial charge in [-0.25, -0.2) is 0 Å². The molecule has 1 aromatic carbocycles. The Labute approximate surface area is 104 Å². The molecule has 94 valence electrons. The molecule has 3 heteroatoms. The SMILES string of the molecule is Cc1ccc(N)c(N2CCCC2CN(C)C)c1. The van der Waals surface area contributed by atoms with E-state index in [1.807, 2.05) is 6.07 Å². The molecule has 2 rings (SSSR count). The average Bonchev–Trinajstić information content (AvgIpc) is 2.69. The van der Waals surface area contributed by atoms with Crippen LogP contribution in [-0.4, -0.2) is 38.1 Å². The molecule has 0 radical (unpaired) electrons. The molecule has 17 heavy (non-hydrogen) atoms. The van der Waals surface area contributed by atoms with Crippen molar-refractivity contribution >= 4 is 11.4 Å². The lowest BCUT2D eigenvalue weighted by molar-refractivity contribution is 0.372. The van der Waals surface area contributed by atoms with Crippen molar-refractivity contribution in [1.29, 1.82) is 0 Å². The van der Waals surface area contributed by atoms with Gasteiger partial charge in [0.2, 0.25) is 0 Å². The zero-order valence-corrected chi connectivity index (χ0v) is 11.1. The highest BCUT2D eigenvalue weighted by molar-refractivity contribution is 5.69. The molecule has 1 aliphatic heterocycles. The van der Waals surface area contributed by atoms with Crippen LogP contribution in [-0.2, 0) is 0 Å². The highest BCUT2D eigenvalue weighted by atomic mass is 15.2. The van der Waals surface area contributed by atoms with Crippen LogP contribution in [0.1, 0.15) is 18.4 Å². The largest absolute Gasteiger partial charge is 0.397 e. The lowest BCUT2D eigenvalue weighted by Crippen LogP contribution is -2.37. The molecule has 0 aliphatic carbocycles. The van der Waals surface area contributed by atoms with E-state index in [9.17, 15) is 0 Å². The standard InChI is InChI=1S/C14H23N3/c1-11-6-7-13(15)14(9-11)17-8-4-5-12(17)10-16(2)3/h6-7,9,12H,4-5,8,10,15H2,1-3H3. The van der Waals surface area contributed by atoms with Crippen LogP contribution in [0.25, 0.3) is 0 Å². The number of nitrogen functional groups attached to an aromatic ring is 1. The summed E-state index contributed by atoms with van der Waals surface area (Å²) in [6, 6.07) is 6.92. The zero-order valence-electron chi connectivity index (χ0n) is 11.1. The van der Waals surface area contributed by atoms with Gasteiger partial charge in [0.1, 0.15) is 0 Å². The molecule has 3 nitrogen and oxygen atoms in total. The summed E-state index contributed by atoms with van der Waals surface area (Å²) >= 11 is 0. The van der Waals surface area contributed by atoms with Gasteiger partial charge >= 0.3 is 0 Å². The molecule has 0 aromatic heterocycles. The maximum Gasteiger partial charge on any atom is 0.0605 e. The molecular weight excluding hydrogens is 210 g/mol. The number of hydrogen-bond donors (Lipinski definition) is 1. The number of benzene rings is 1. The number of aryl methyl sites for hydroxylation is 1. The van der Waals surface area contributed by atoms with Crippen molar-refractivity contribution in [2.45, 2.75) is 25.8 Å². The zero-order chi connectivity index (χ0) is 12.4. The molecule has 1 unspecified atom stereocenters. The maximum atomic E-state index is 6.11. The van der Waals surface area contributed by atoms with E-state index >= 15 is 0 Å². The fraction of sp³-hybridized carbons (Fsp3) is 0.571. The lowest BCUT2D eigenvalue weighted by atomic mass is 10.1. The minimum atomic E-state index is 0.606. The van der Waals surface area contributed by atoms with Gasteiger partial charge in [-0.3, -0.25) is 0 Å². The van der Waals surface area contributed by atoms with Crippen LogP contribution in [0.4, 0.5) is 11.4 Å². The molecule has 0 saturated carbocycles. The summed E-state index contributed by atoms with van der Waals surface area (Å²) in [5.74, 6) is 0. The Morgan fingerprint density at radius 2 is 2.18 bits per heavy atom. The van der Waals surface area contributed by atoms with Gasteiger partial charge in [-0.15, -0.1) is 0 Å². The predicted molar refractivity (Wildman–Crippen MR) is 74.5 cm³/mol. The minimum Gasteiger partial charge on any atom is -0.397 e. The summed E-state index contributed by atoms with van der Waals surface area (Å²) in [6.45, 7) is 4.36. The van der Waals surface area contributed by atoms with E-state index in [4.69, 9.17) is 5.73 Å². The van der Waals surface area contributed by atoms with Crippen molar-refractivity contribution in [3.8, 4) is 0 Å². The van der Waals surface area contributed by atoms with E-state index in [0.717, 1.165) is 18.8 Å². The van der Waals surface area contributed by atoms with Gasteiger partial charge in [0.05, 0.1) is 11.4 Å². The van der Waals surface area contributed by atoms with E-state index in [1.54, 1.807) is 0 Å². The Kier molecular flexibility index (Phi) is 3.57. The molecule has 1 heterocycles. The highest BCUT2D eigenvalue weighted by Gasteiger charge is 2.26. The Bertz CT molecular complexity index is 387. The Balaban J connectivity index is 2.22. The molecule has 1 aromatic rings. The Morgan fingerprint density at radius 3 is 2.88 bits per heavy atom. The van der Waals surface area contributed by atoms with Gasteiger partial charge < -0.3 is 15.5 Å². The van der Waals surface area contributed by atoms with E-state index in [2.05, 4.69) is 43.0 Å². The molecule has 1 atom stereocenters. The van der Waals surface area contributed by atoms with Gasteiger partial charge in [0.25, 0.3) is 0 Å². The summed E-state index contributed by atoms with van der Waals surface area (Å²) in [7, 11) is 4.27. The van der Waals surface area contributed by atoms with Gasteiger partial charge in [0.15, 0.2) is 0 Å². The minimum absolute atomic E-state index is 0.606. The fourth-order valence-corrected chi connectivity index (χ4v) is 2.67. The Hall–Kier alpha value is -1.22. The van der Waals surface area contributed by atoms with Crippen LogP contribution in [0.5, 0.6) is 0 Å². The predicted octanol–water partition coefficient (Wildman–Crippen LogP) is 2.11. The number of anilines is 2. The molecule has 0 spiro atoms. The van der Waals surface area contributed by atoms with Gasteiger partial charge in [-0.2, -0.15) is 0 Å². The van der Waals surface area contributed by atoms with Crippen LogP contribution >= 0.6 is 0 Å². The lowest BCUT2D eigenvalue weighted by Gasteiger charge is -2.30. The number of nitrogens with zero attached hydrogens (tertiary/aromatic N) is 2. The van der Waals surface area contributed by atoms with Crippen LogP contribution in [0.3, 0.4) is 0 Å². The first kappa shape index (κ1) is 12.2. The first-order valence-corrected chi connectivity index (χ1v) is 6.35. The number of rotatable bonds is 3. The fourth-order valence-electron chi connectivity index (χ4n) is 2.67. The van der Waals surface area contributed by atoms with Gasteiger partial charge in [0, 0.05) is 19.1 Å². The highest BCUT2D eigenvalue weighted by Crippen LogP contribution is 2.31. The summed E-state index contributed by atoms with van der Waals surface area (Å²) in [5, 5.41) is 0. The van der Waals surface area contributed by atoms with Crippen LogP contribution < -0.4 is 10.6 Å². The van der Waals surface area contributed by atoms with Gasteiger partial charge in [-0.1, -0.05) is 6.07 Å². The van der Waals surface area contributed by atoms with E-state index < -0.39 is 0 Å². The number of likely N-dealkylation sites (N-methyl/N-ethyl adjacent to an activating group) is 1. The van der Waals surface area contributed by atoms with Crippen molar-refractivity contribution in [3.05, 3.63) is 23.8 Å². The molecule has 1 fully saturated rings. The second-order valence-electron chi connectivity index (χ2n) is 5.31. The van der Waals surface area contributed by atoms with Crippen molar-refractivity contribution in [1.82, 2.24) is 4.90 Å². The maximum absolute atomic E-state index is 6.11. The van der Waals surface area contributed by atoms with E-state index in [0.29, 0.717) is 6.04 Å². The normalized spacial score (nSPS) is 20.2. The molecule has 2 N–H and O–H groups in total. The number of nitrogens with two attached hydrogens (primary N) is 1. The van der Waals surface area contributed by atoms with Crippen LogP contribution in [0.15, 0.2) is 18.2 Å². The van der Waals surface area contributed by atoms with E-state index in [-0.39, 0.29) is 0 Å². The first-order valence-electron chi connectivity index (χ1n) is 6.35. The number of hydrogen-bond acceptors (Lipinski definition) is 3. The molecule has 1 saturated heterocycles. The topological polar surface area (TPSA) is 32.5 Å². The molecule has 0 amide bonds. The smallest absolute Gasteiger partial charge is 0.0605 e. The summed E-state index contributed by atoms with van der Waals surface area (Å²) < 4.78 is 0. The second kappa shape index (κ2) is 4.96. The van der Waals surface area contributed by atoms with Crippen molar-refractivity contribution in [2.24, 2.45) is 0 Å². The first-order chi connectivity index (χ1) is 8.08. The molecular formula is C14H23N3. The van der Waals surface area contributed by atoms with Crippen molar-refractivity contribution in [2.75, 3.05) is 37.8 Å². The third-order valence-corrected chi connectivity index (χ3v) is 3.45. The van der Waals surface area contributed by atoms with Gasteiger partial charge in [-0.05, 0) is 51.6 Å². The van der Waals surface area contributed by atoms with Crippen LogP contribution in [0, 0.1) is 6.92 Å². The average molecular weight is 233 g/mol. The summed E-state index contributed by atoms with van der Waals surface area (Å²) in [6.07, 6.45) is 2.54. The summed E-state index contributed by atoms with van der Waals surface area (Å²) in [4.78, 5) is 4.73. The van der Waals surface area contributed by atoms with Crippen molar-refractivity contribution in [3.63, 3.8) is 0 Å². The molecule has 1 aliphatic rings. The molecule has 0 bridgehead atoms. The third-order valence-electron chi connectivity index (χ3n) is 3.45. The van der Waals surface area contributed by atoms with Crippen molar-refractivity contribution < 1.29 is 0 Å². The monoisotopic (exact) mass is 233 g/mol. The third kappa shape index (κ3) is 2.72. The van der Waals surface area contributed by atoms with E-state index in [1.165, 1.54) is 24.1 Å². The second-order valence-corrected chi connectivity index (χ2v) is 5.31. The summed E-state index contributed by atoms with van der Waals surface area (Å²) in [5.41, 5.74) is 9.51. The van der Waals surface area contributed by atoms with Crippen LogP contribution in [0.2, 0.25) is 0 Å². The quantitative estimate of drug-likeness (QED) is 0.812.